The van der Waals surface area contributed by atoms with Gasteiger partial charge < -0.3 is 14.0 Å². The van der Waals surface area contributed by atoms with Crippen LogP contribution in [0.2, 0.25) is 0 Å². The molecule has 5 nitrogen and oxygen atoms in total. The fourth-order valence-corrected chi connectivity index (χ4v) is 6.39. The molecule has 0 aliphatic heterocycles. The Balaban J connectivity index is 0.000000242. The van der Waals surface area contributed by atoms with Crippen molar-refractivity contribution in [1.29, 1.82) is 0 Å². The molecule has 0 spiro atoms. The molecule has 0 aliphatic carbocycles. The maximum Gasteiger partial charge on any atom is 0.155 e. The van der Waals surface area contributed by atoms with E-state index in [0.717, 1.165) is 67.0 Å². The predicted octanol–water partition coefficient (Wildman–Crippen LogP) is 11.5. The van der Waals surface area contributed by atoms with E-state index < -0.39 is 0 Å². The van der Waals surface area contributed by atoms with Crippen LogP contribution < -0.4 is 0 Å². The Kier molecular flexibility index (Phi) is 10.2. The Morgan fingerprint density at radius 1 is 0.720 bits per heavy atom. The van der Waals surface area contributed by atoms with Crippen LogP contribution in [0.25, 0.3) is 61.4 Å². The molecule has 0 amide bonds. The summed E-state index contributed by atoms with van der Waals surface area (Å²) in [7, 11) is 0. The van der Waals surface area contributed by atoms with Crippen molar-refractivity contribution in [1.82, 2.24) is 19.5 Å². The van der Waals surface area contributed by atoms with E-state index in [-0.39, 0.29) is 20.1 Å². The Morgan fingerprint density at radius 2 is 1.46 bits per heavy atom. The second kappa shape index (κ2) is 14.5. The summed E-state index contributed by atoms with van der Waals surface area (Å²) in [4.78, 5) is 14.4. The number of hydrogen-bond donors (Lipinski definition) is 0. The monoisotopic (exact) mass is 833 g/mol. The van der Waals surface area contributed by atoms with Gasteiger partial charge in [0, 0.05) is 43.6 Å². The summed E-state index contributed by atoms with van der Waals surface area (Å²) in [6, 6.07) is 37.7. The van der Waals surface area contributed by atoms with Gasteiger partial charge in [-0.3, -0.25) is 4.98 Å². The van der Waals surface area contributed by atoms with E-state index in [1.165, 1.54) is 22.3 Å². The molecule has 6 heteroatoms. The largest absolute Gasteiger partial charge is 0.501 e. The minimum atomic E-state index is 0. The van der Waals surface area contributed by atoms with Crippen LogP contribution in [0.3, 0.4) is 0 Å². The van der Waals surface area contributed by atoms with E-state index in [9.17, 15) is 0 Å². The Morgan fingerprint density at radius 3 is 2.14 bits per heavy atom. The average Bonchev–Trinajstić information content (AvgIpc) is 3.68. The molecule has 0 fully saturated rings. The van der Waals surface area contributed by atoms with Gasteiger partial charge in [0.25, 0.3) is 0 Å². The van der Waals surface area contributed by atoms with Crippen LogP contribution >= 0.6 is 0 Å². The van der Waals surface area contributed by atoms with E-state index in [1.807, 2.05) is 67.8 Å². The van der Waals surface area contributed by atoms with E-state index >= 15 is 0 Å². The van der Waals surface area contributed by atoms with Gasteiger partial charge in [-0.15, -0.1) is 53.6 Å². The molecule has 0 bridgehead atoms. The number of aryl methyl sites for hydroxylation is 3. The fraction of sp³-hybridized carbons (Fsp3) is 0.205. The maximum atomic E-state index is 6.41. The molecule has 0 aliphatic rings. The quantitative estimate of drug-likeness (QED) is 0.162. The van der Waals surface area contributed by atoms with Crippen LogP contribution in [-0.4, -0.2) is 19.5 Å². The van der Waals surface area contributed by atoms with Gasteiger partial charge in [0.2, 0.25) is 0 Å². The van der Waals surface area contributed by atoms with Gasteiger partial charge in [0.15, 0.2) is 5.65 Å². The number of rotatable bonds is 5. The van der Waals surface area contributed by atoms with Gasteiger partial charge in [0.1, 0.15) is 5.58 Å². The van der Waals surface area contributed by atoms with Crippen molar-refractivity contribution >= 4 is 33.1 Å². The number of pyridine rings is 2. The molecule has 8 rings (SSSR count). The first-order valence-corrected chi connectivity index (χ1v) is 16.9. The summed E-state index contributed by atoms with van der Waals surface area (Å²) >= 11 is 0. The Hall–Kier alpha value is -4.90. The van der Waals surface area contributed by atoms with Crippen LogP contribution in [0.5, 0.6) is 0 Å². The summed E-state index contributed by atoms with van der Waals surface area (Å²) in [5.41, 5.74) is 13.5. The summed E-state index contributed by atoms with van der Waals surface area (Å²) in [5, 5.41) is 2.17. The molecule has 0 saturated heterocycles. The molecule has 50 heavy (non-hydrogen) atoms. The fourth-order valence-electron chi connectivity index (χ4n) is 6.39. The van der Waals surface area contributed by atoms with Gasteiger partial charge in [-0.25, -0.2) is 4.98 Å². The van der Waals surface area contributed by atoms with Crippen molar-refractivity contribution in [3.63, 3.8) is 0 Å². The number of benzene rings is 4. The number of imidazole rings is 1. The SMILES string of the molecule is Cc1c[c-]c(-c2ccc(C)cn2)cc1.Cc1ccnc2c1nc(-c1[c-]ccc3c1oc1ccccc13)n2-c1c(C(C)C)cccc1C(C)C.[Ir]. The number of nitrogens with zero attached hydrogens (tertiary/aromatic N) is 4. The van der Waals surface area contributed by atoms with Crippen molar-refractivity contribution < 1.29 is 24.5 Å². The molecule has 8 aromatic rings. The van der Waals surface area contributed by atoms with Crippen LogP contribution in [0.15, 0.2) is 108 Å². The summed E-state index contributed by atoms with van der Waals surface area (Å²) < 4.78 is 8.65. The number of hydrogen-bond acceptors (Lipinski definition) is 4. The zero-order valence-corrected chi connectivity index (χ0v) is 31.9. The van der Waals surface area contributed by atoms with Crippen molar-refractivity contribution in [2.75, 3.05) is 0 Å². The third kappa shape index (κ3) is 6.54. The van der Waals surface area contributed by atoms with Gasteiger partial charge in [-0.1, -0.05) is 94.1 Å². The van der Waals surface area contributed by atoms with E-state index in [4.69, 9.17) is 14.4 Å². The molecular formula is C44H40IrN4O-2. The number of aromatic nitrogens is 4. The van der Waals surface area contributed by atoms with E-state index in [0.29, 0.717) is 11.8 Å². The minimum absolute atomic E-state index is 0. The standard InChI is InChI=1S/C31H28N3O.C13H12N.Ir/c1-18(2)21-11-8-12-22(19(3)4)28(21)34-30(33-27-20(5)16-17-32-31(27)34)25-14-9-13-24-23-10-6-7-15-26(23)35-29(24)25;1-10-3-6-12(7-4-10)13-8-5-11(2)9-14-13;/h6-13,15-19H,1-5H3;3-6,8-9H,1-2H3;/q2*-1;. The normalized spacial score (nSPS) is 11.3. The van der Waals surface area contributed by atoms with Crippen molar-refractivity contribution in [2.45, 2.75) is 60.3 Å². The van der Waals surface area contributed by atoms with Crippen LogP contribution in [0, 0.1) is 32.9 Å². The van der Waals surface area contributed by atoms with Gasteiger partial charge >= 0.3 is 0 Å². The molecule has 0 N–H and O–H groups in total. The molecule has 1 radical (unpaired) electrons. The molecule has 0 unspecified atom stereocenters. The smallest absolute Gasteiger partial charge is 0.155 e. The zero-order chi connectivity index (χ0) is 34.2. The molecule has 4 heterocycles. The van der Waals surface area contributed by atoms with Gasteiger partial charge in [-0.05, 0) is 65.8 Å². The number of furan rings is 1. The van der Waals surface area contributed by atoms with Crippen molar-refractivity contribution in [3.05, 3.63) is 143 Å². The van der Waals surface area contributed by atoms with Gasteiger partial charge in [-0.2, -0.15) is 0 Å². The third-order valence-electron chi connectivity index (χ3n) is 9.03. The summed E-state index contributed by atoms with van der Waals surface area (Å²) in [5.74, 6) is 1.48. The topological polar surface area (TPSA) is 56.7 Å². The molecule has 0 saturated carbocycles. The first kappa shape index (κ1) is 34.9. The molecular weight excluding hydrogens is 793 g/mol. The number of fused-ring (bicyclic) bond motifs is 4. The Labute approximate surface area is 307 Å². The predicted molar refractivity (Wildman–Crippen MR) is 201 cm³/mol. The molecule has 4 aromatic heterocycles. The second-order valence-electron chi connectivity index (χ2n) is 13.4. The summed E-state index contributed by atoms with van der Waals surface area (Å²) in [6.45, 7) is 15.2. The minimum Gasteiger partial charge on any atom is -0.501 e. The van der Waals surface area contributed by atoms with Crippen molar-refractivity contribution in [2.24, 2.45) is 0 Å². The van der Waals surface area contributed by atoms with E-state index in [1.54, 1.807) is 0 Å². The maximum absolute atomic E-state index is 6.41. The zero-order valence-electron chi connectivity index (χ0n) is 29.5. The van der Waals surface area contributed by atoms with Crippen LogP contribution in [0.1, 0.15) is 67.3 Å². The molecule has 253 valence electrons. The second-order valence-corrected chi connectivity index (χ2v) is 13.4. The summed E-state index contributed by atoms with van der Waals surface area (Å²) in [6.07, 6.45) is 3.75. The third-order valence-corrected chi connectivity index (χ3v) is 9.03. The van der Waals surface area contributed by atoms with E-state index in [2.05, 4.69) is 106 Å². The van der Waals surface area contributed by atoms with Crippen LogP contribution in [0.4, 0.5) is 0 Å². The number of para-hydroxylation sites is 2. The molecule has 0 atom stereocenters. The Bertz CT molecular complexity index is 2350. The van der Waals surface area contributed by atoms with Crippen LogP contribution in [-0.2, 0) is 20.1 Å². The first-order valence-electron chi connectivity index (χ1n) is 16.9. The molecule has 4 aromatic carbocycles. The van der Waals surface area contributed by atoms with Gasteiger partial charge in [0.05, 0.1) is 16.9 Å². The van der Waals surface area contributed by atoms with Crippen molar-refractivity contribution in [3.8, 4) is 28.3 Å². The first-order chi connectivity index (χ1) is 23.7. The average molecular weight is 833 g/mol.